The van der Waals surface area contributed by atoms with Gasteiger partial charge in [0.1, 0.15) is 12.0 Å². The smallest absolute Gasteiger partial charge is 0.147 e. The van der Waals surface area contributed by atoms with Crippen molar-refractivity contribution in [3.8, 4) is 0 Å². The van der Waals surface area contributed by atoms with Crippen LogP contribution in [-0.2, 0) is 0 Å². The molecule has 1 saturated carbocycles. The summed E-state index contributed by atoms with van der Waals surface area (Å²) in [5.41, 5.74) is 0. The van der Waals surface area contributed by atoms with E-state index in [1.807, 2.05) is 6.20 Å². The van der Waals surface area contributed by atoms with Crippen molar-refractivity contribution in [1.82, 2.24) is 14.9 Å². The van der Waals surface area contributed by atoms with Gasteiger partial charge in [-0.1, -0.05) is 0 Å². The molecule has 1 aliphatic carbocycles. The number of hydrogen-bond acceptors (Lipinski definition) is 4. The quantitative estimate of drug-likeness (QED) is 0.816. The van der Waals surface area contributed by atoms with Crippen molar-refractivity contribution < 1.29 is 4.39 Å². The van der Waals surface area contributed by atoms with Gasteiger partial charge in [-0.25, -0.2) is 9.37 Å². The Hall–Kier alpha value is -1.23. The lowest BCUT2D eigenvalue weighted by Crippen LogP contribution is -2.41. The van der Waals surface area contributed by atoms with Crippen LogP contribution in [-0.4, -0.2) is 53.3 Å². The van der Waals surface area contributed by atoms with Gasteiger partial charge in [0.2, 0.25) is 0 Å². The highest BCUT2D eigenvalue weighted by molar-refractivity contribution is 5.35. The first kappa shape index (κ1) is 12.8. The van der Waals surface area contributed by atoms with Gasteiger partial charge in [0.25, 0.3) is 0 Å². The molecule has 2 atom stereocenters. The maximum Gasteiger partial charge on any atom is 0.147 e. The largest absolute Gasteiger partial charge is 0.354 e. The average Bonchev–Trinajstić information content (AvgIpc) is 2.74. The molecule has 0 spiro atoms. The Morgan fingerprint density at radius 1 is 1.05 bits per heavy atom. The van der Waals surface area contributed by atoms with Crippen LogP contribution in [0, 0.1) is 0 Å². The van der Waals surface area contributed by atoms with Gasteiger partial charge >= 0.3 is 0 Å². The molecule has 2 heterocycles. The molecule has 5 heteroatoms. The molecule has 0 amide bonds. The van der Waals surface area contributed by atoms with Crippen LogP contribution < -0.4 is 4.90 Å². The van der Waals surface area contributed by atoms with Crippen molar-refractivity contribution >= 4 is 5.82 Å². The van der Waals surface area contributed by atoms with Crippen molar-refractivity contribution in [3.05, 3.63) is 18.6 Å². The summed E-state index contributed by atoms with van der Waals surface area (Å²) in [5.74, 6) is 0.938. The molecule has 4 nitrogen and oxygen atoms in total. The highest BCUT2D eigenvalue weighted by Gasteiger charge is 2.32. The lowest BCUT2D eigenvalue weighted by Gasteiger charge is -2.28. The third kappa shape index (κ3) is 2.86. The second-order valence-electron chi connectivity index (χ2n) is 5.45. The van der Waals surface area contributed by atoms with E-state index < -0.39 is 6.17 Å². The van der Waals surface area contributed by atoms with Crippen molar-refractivity contribution in [3.63, 3.8) is 0 Å². The topological polar surface area (TPSA) is 32.3 Å². The maximum atomic E-state index is 13.8. The number of aromatic nitrogens is 2. The molecule has 1 saturated heterocycles. The molecule has 19 heavy (non-hydrogen) atoms. The molecule has 3 rings (SSSR count). The zero-order valence-electron chi connectivity index (χ0n) is 11.2. The molecular formula is C14H21FN4. The predicted molar refractivity (Wildman–Crippen MR) is 73.0 cm³/mol. The highest BCUT2D eigenvalue weighted by Crippen LogP contribution is 2.27. The summed E-state index contributed by atoms with van der Waals surface area (Å²) in [5, 5.41) is 0. The monoisotopic (exact) mass is 264 g/mol. The van der Waals surface area contributed by atoms with Gasteiger partial charge < -0.3 is 4.90 Å². The molecule has 2 aliphatic rings. The minimum absolute atomic E-state index is 0.154. The zero-order chi connectivity index (χ0) is 13.1. The van der Waals surface area contributed by atoms with Crippen LogP contribution in [0.4, 0.5) is 10.2 Å². The van der Waals surface area contributed by atoms with Crippen molar-refractivity contribution in [1.29, 1.82) is 0 Å². The molecule has 0 aromatic carbocycles. The first-order valence-electron chi connectivity index (χ1n) is 7.23. The molecule has 104 valence electrons. The molecule has 2 fully saturated rings. The Morgan fingerprint density at radius 3 is 2.74 bits per heavy atom. The minimum Gasteiger partial charge on any atom is -0.354 e. The summed E-state index contributed by atoms with van der Waals surface area (Å²) in [6, 6.07) is 0.154. The number of nitrogens with zero attached hydrogens (tertiary/aromatic N) is 4. The van der Waals surface area contributed by atoms with Gasteiger partial charge in [-0.3, -0.25) is 9.88 Å². The van der Waals surface area contributed by atoms with E-state index in [4.69, 9.17) is 0 Å². The van der Waals surface area contributed by atoms with E-state index >= 15 is 0 Å². The van der Waals surface area contributed by atoms with E-state index in [2.05, 4.69) is 19.8 Å². The normalized spacial score (nSPS) is 29.4. The van der Waals surface area contributed by atoms with Crippen molar-refractivity contribution in [2.75, 3.05) is 31.1 Å². The highest BCUT2D eigenvalue weighted by atomic mass is 19.1. The molecule has 0 radical (unpaired) electrons. The third-order valence-corrected chi connectivity index (χ3v) is 4.27. The predicted octanol–water partition coefficient (Wildman–Crippen LogP) is 1.88. The molecule has 0 unspecified atom stereocenters. The second kappa shape index (κ2) is 5.82. The number of hydrogen-bond donors (Lipinski definition) is 0. The second-order valence-corrected chi connectivity index (χ2v) is 5.45. The summed E-state index contributed by atoms with van der Waals surface area (Å²) in [6.45, 7) is 3.84. The van der Waals surface area contributed by atoms with E-state index in [-0.39, 0.29) is 6.04 Å². The van der Waals surface area contributed by atoms with Crippen molar-refractivity contribution in [2.24, 2.45) is 0 Å². The molecule has 1 aromatic rings. The molecular weight excluding hydrogens is 243 g/mol. The van der Waals surface area contributed by atoms with Crippen LogP contribution in [0.1, 0.15) is 25.7 Å². The van der Waals surface area contributed by atoms with E-state index in [1.165, 1.54) is 0 Å². The number of alkyl halides is 1. The van der Waals surface area contributed by atoms with Gasteiger partial charge in [0.15, 0.2) is 0 Å². The summed E-state index contributed by atoms with van der Waals surface area (Å²) >= 11 is 0. The Morgan fingerprint density at radius 2 is 2.00 bits per heavy atom. The summed E-state index contributed by atoms with van der Waals surface area (Å²) < 4.78 is 13.8. The van der Waals surface area contributed by atoms with Gasteiger partial charge in [0.05, 0.1) is 6.20 Å². The van der Waals surface area contributed by atoms with Gasteiger partial charge in [-0.2, -0.15) is 0 Å². The van der Waals surface area contributed by atoms with Crippen LogP contribution in [0.25, 0.3) is 0 Å². The maximum absolute atomic E-state index is 13.8. The lowest BCUT2D eigenvalue weighted by atomic mass is 10.2. The number of rotatable bonds is 2. The summed E-state index contributed by atoms with van der Waals surface area (Å²) in [4.78, 5) is 13.1. The van der Waals surface area contributed by atoms with Crippen LogP contribution in [0.3, 0.4) is 0 Å². The fraction of sp³-hybridized carbons (Fsp3) is 0.714. The van der Waals surface area contributed by atoms with Gasteiger partial charge in [-0.05, 0) is 25.7 Å². The number of anilines is 1. The SMILES string of the molecule is F[C@@H]1CCC[C@H]1N1CCCN(c2cnccn2)CC1. The standard InChI is InChI=1S/C14H21FN4/c15-12-3-1-4-13(12)18-7-2-8-19(10-9-18)14-11-16-5-6-17-14/h5-6,11-13H,1-4,7-10H2/t12-,13-/m1/s1. The molecule has 1 aliphatic heterocycles. The van der Waals surface area contributed by atoms with E-state index in [0.717, 1.165) is 57.7 Å². The minimum atomic E-state index is -0.622. The van der Waals surface area contributed by atoms with Gasteiger partial charge in [-0.15, -0.1) is 0 Å². The Kier molecular flexibility index (Phi) is 3.92. The van der Waals surface area contributed by atoms with Crippen molar-refractivity contribution in [2.45, 2.75) is 37.9 Å². The molecule has 1 aromatic heterocycles. The van der Waals surface area contributed by atoms with Gasteiger partial charge in [0, 0.05) is 44.6 Å². The van der Waals surface area contributed by atoms with Crippen LogP contribution in [0.2, 0.25) is 0 Å². The fourth-order valence-electron chi connectivity index (χ4n) is 3.26. The Balaban J connectivity index is 1.63. The third-order valence-electron chi connectivity index (χ3n) is 4.27. The van der Waals surface area contributed by atoms with E-state index in [0.29, 0.717) is 0 Å². The fourth-order valence-corrected chi connectivity index (χ4v) is 3.26. The average molecular weight is 264 g/mol. The Bertz CT molecular complexity index is 400. The summed E-state index contributed by atoms with van der Waals surface area (Å²) in [6.07, 6.45) is 8.48. The molecule has 0 N–H and O–H groups in total. The number of halogens is 1. The first-order chi connectivity index (χ1) is 9.34. The van der Waals surface area contributed by atoms with E-state index in [1.54, 1.807) is 12.4 Å². The van der Waals surface area contributed by atoms with Crippen LogP contribution in [0.15, 0.2) is 18.6 Å². The summed E-state index contributed by atoms with van der Waals surface area (Å²) in [7, 11) is 0. The Labute approximate surface area is 113 Å². The van der Waals surface area contributed by atoms with E-state index in [9.17, 15) is 4.39 Å². The lowest BCUT2D eigenvalue weighted by molar-refractivity contribution is 0.139. The zero-order valence-corrected chi connectivity index (χ0v) is 11.2. The van der Waals surface area contributed by atoms with Crippen LogP contribution >= 0.6 is 0 Å². The van der Waals surface area contributed by atoms with Crippen LogP contribution in [0.5, 0.6) is 0 Å². The molecule has 0 bridgehead atoms. The first-order valence-corrected chi connectivity index (χ1v) is 7.23.